The highest BCUT2D eigenvalue weighted by Gasteiger charge is 2.20. The molecule has 0 aromatic heterocycles. The molecule has 1 heterocycles. The SMILES string of the molecule is CN1CCCc2cc(C(=O)c3ccccc3)c(O)cc21. The molecule has 3 nitrogen and oxygen atoms in total. The molecule has 0 aliphatic carbocycles. The van der Waals surface area contributed by atoms with Gasteiger partial charge in [0.25, 0.3) is 0 Å². The summed E-state index contributed by atoms with van der Waals surface area (Å²) in [6.45, 7) is 0.985. The van der Waals surface area contributed by atoms with Crippen molar-refractivity contribution in [2.45, 2.75) is 12.8 Å². The summed E-state index contributed by atoms with van der Waals surface area (Å²) in [6, 6.07) is 12.6. The second-order valence-electron chi connectivity index (χ2n) is 5.22. The number of nitrogens with zero attached hydrogens (tertiary/aromatic N) is 1. The minimum absolute atomic E-state index is 0.0614. The van der Waals surface area contributed by atoms with Gasteiger partial charge in [0, 0.05) is 30.9 Å². The van der Waals surface area contributed by atoms with Gasteiger partial charge in [-0.1, -0.05) is 30.3 Å². The van der Waals surface area contributed by atoms with Crippen LogP contribution in [0.4, 0.5) is 5.69 Å². The number of fused-ring (bicyclic) bond motifs is 1. The number of hydrogen-bond donors (Lipinski definition) is 1. The van der Waals surface area contributed by atoms with Gasteiger partial charge >= 0.3 is 0 Å². The first kappa shape index (κ1) is 12.7. The molecule has 0 amide bonds. The third-order valence-corrected chi connectivity index (χ3v) is 3.83. The zero-order valence-electron chi connectivity index (χ0n) is 11.5. The Hall–Kier alpha value is -2.29. The van der Waals surface area contributed by atoms with Crippen LogP contribution in [0.2, 0.25) is 0 Å². The molecule has 0 atom stereocenters. The molecule has 2 aromatic carbocycles. The molecule has 102 valence electrons. The lowest BCUT2D eigenvalue weighted by molar-refractivity contribution is 0.103. The Labute approximate surface area is 118 Å². The van der Waals surface area contributed by atoms with Gasteiger partial charge in [0.2, 0.25) is 0 Å². The van der Waals surface area contributed by atoms with Crippen molar-refractivity contribution in [3.63, 3.8) is 0 Å². The molecule has 3 rings (SSSR count). The van der Waals surface area contributed by atoms with E-state index in [2.05, 4.69) is 4.90 Å². The third-order valence-electron chi connectivity index (χ3n) is 3.83. The maximum atomic E-state index is 12.5. The summed E-state index contributed by atoms with van der Waals surface area (Å²) in [5.74, 6) is -0.0644. The quantitative estimate of drug-likeness (QED) is 0.850. The number of aryl methyl sites for hydroxylation is 1. The maximum absolute atomic E-state index is 12.5. The van der Waals surface area contributed by atoms with Crippen LogP contribution < -0.4 is 4.90 Å². The summed E-state index contributed by atoms with van der Waals surface area (Å²) in [6.07, 6.45) is 2.03. The minimum Gasteiger partial charge on any atom is -0.507 e. The Kier molecular flexibility index (Phi) is 3.18. The van der Waals surface area contributed by atoms with Crippen LogP contribution >= 0.6 is 0 Å². The van der Waals surface area contributed by atoms with Crippen LogP contribution in [0.5, 0.6) is 5.75 Å². The van der Waals surface area contributed by atoms with Gasteiger partial charge in [0.05, 0.1) is 5.56 Å². The van der Waals surface area contributed by atoms with Gasteiger partial charge in [0.1, 0.15) is 5.75 Å². The van der Waals surface area contributed by atoms with Gasteiger partial charge in [0.15, 0.2) is 5.78 Å². The molecule has 0 fully saturated rings. The van der Waals surface area contributed by atoms with Crippen LogP contribution in [-0.2, 0) is 6.42 Å². The topological polar surface area (TPSA) is 40.5 Å². The zero-order chi connectivity index (χ0) is 14.1. The highest BCUT2D eigenvalue weighted by Crippen LogP contribution is 2.33. The highest BCUT2D eigenvalue weighted by molar-refractivity contribution is 6.11. The van der Waals surface area contributed by atoms with Crippen LogP contribution in [0.15, 0.2) is 42.5 Å². The second kappa shape index (κ2) is 5.00. The molecule has 1 aliphatic rings. The van der Waals surface area contributed by atoms with Crippen LogP contribution in [0, 0.1) is 0 Å². The van der Waals surface area contributed by atoms with Crippen molar-refractivity contribution in [3.8, 4) is 5.75 Å². The fraction of sp³-hybridized carbons (Fsp3) is 0.235. The number of anilines is 1. The van der Waals surface area contributed by atoms with Crippen molar-refractivity contribution >= 4 is 11.5 Å². The van der Waals surface area contributed by atoms with Crippen LogP contribution in [-0.4, -0.2) is 24.5 Å². The number of hydrogen-bond acceptors (Lipinski definition) is 3. The lowest BCUT2D eigenvalue weighted by Gasteiger charge is -2.28. The number of ketones is 1. The molecule has 20 heavy (non-hydrogen) atoms. The third kappa shape index (κ3) is 2.16. The van der Waals surface area contributed by atoms with Crippen LogP contribution in [0.25, 0.3) is 0 Å². The van der Waals surface area contributed by atoms with E-state index in [1.54, 1.807) is 18.2 Å². The molecular formula is C17H17NO2. The van der Waals surface area contributed by atoms with Gasteiger partial charge in [-0.2, -0.15) is 0 Å². The van der Waals surface area contributed by atoms with Crippen molar-refractivity contribution in [2.24, 2.45) is 0 Å². The first-order chi connectivity index (χ1) is 9.66. The van der Waals surface area contributed by atoms with E-state index in [1.165, 1.54) is 0 Å². The molecule has 1 N–H and O–H groups in total. The van der Waals surface area contributed by atoms with Crippen molar-refractivity contribution in [3.05, 3.63) is 59.2 Å². The van der Waals surface area contributed by atoms with Crippen LogP contribution in [0.3, 0.4) is 0 Å². The normalized spacial score (nSPS) is 13.9. The first-order valence-electron chi connectivity index (χ1n) is 6.83. The number of aromatic hydroxyl groups is 1. The molecule has 0 unspecified atom stereocenters. The summed E-state index contributed by atoms with van der Waals surface area (Å²) < 4.78 is 0. The van der Waals surface area contributed by atoms with Crippen molar-refractivity contribution in [1.82, 2.24) is 0 Å². The number of rotatable bonds is 2. The highest BCUT2D eigenvalue weighted by atomic mass is 16.3. The van der Waals surface area contributed by atoms with Crippen LogP contribution in [0.1, 0.15) is 27.9 Å². The second-order valence-corrected chi connectivity index (χ2v) is 5.22. The van der Waals surface area contributed by atoms with E-state index in [-0.39, 0.29) is 11.5 Å². The van der Waals surface area contributed by atoms with Gasteiger partial charge in [-0.05, 0) is 24.5 Å². The van der Waals surface area contributed by atoms with Gasteiger partial charge in [-0.15, -0.1) is 0 Å². The van der Waals surface area contributed by atoms with E-state index in [9.17, 15) is 9.90 Å². The molecule has 3 heteroatoms. The Morgan fingerprint density at radius 2 is 1.95 bits per heavy atom. The largest absolute Gasteiger partial charge is 0.507 e. The lowest BCUT2D eigenvalue weighted by Crippen LogP contribution is -2.24. The standard InChI is InChI=1S/C17H17NO2/c1-18-9-5-8-13-10-14(16(19)11-15(13)18)17(20)12-6-3-2-4-7-12/h2-4,6-7,10-11,19H,5,8-9H2,1H3. The molecule has 0 saturated carbocycles. The molecule has 0 spiro atoms. The van der Waals surface area contributed by atoms with Crippen molar-refractivity contribution in [1.29, 1.82) is 0 Å². The lowest BCUT2D eigenvalue weighted by atomic mass is 9.95. The summed E-state index contributed by atoms with van der Waals surface area (Å²) in [5.41, 5.74) is 3.16. The summed E-state index contributed by atoms with van der Waals surface area (Å²) in [4.78, 5) is 14.6. The van der Waals surface area contributed by atoms with Gasteiger partial charge in [-0.25, -0.2) is 0 Å². The molecule has 0 radical (unpaired) electrons. The summed E-state index contributed by atoms with van der Waals surface area (Å²) in [7, 11) is 2.01. The Morgan fingerprint density at radius 3 is 2.70 bits per heavy atom. The number of carbonyl (C=O) groups excluding carboxylic acids is 1. The van der Waals surface area contributed by atoms with E-state index in [4.69, 9.17) is 0 Å². The van der Waals surface area contributed by atoms with Crippen molar-refractivity contribution in [2.75, 3.05) is 18.5 Å². The van der Waals surface area contributed by atoms with Crippen molar-refractivity contribution < 1.29 is 9.90 Å². The zero-order valence-corrected chi connectivity index (χ0v) is 11.5. The number of carbonyl (C=O) groups is 1. The number of benzene rings is 2. The fourth-order valence-electron chi connectivity index (χ4n) is 2.73. The molecular weight excluding hydrogens is 250 g/mol. The average molecular weight is 267 g/mol. The van der Waals surface area contributed by atoms with Gasteiger partial charge < -0.3 is 10.0 Å². The van der Waals surface area contributed by atoms with E-state index in [0.717, 1.165) is 30.6 Å². The van der Waals surface area contributed by atoms with E-state index in [1.807, 2.05) is 31.3 Å². The molecule has 2 aromatic rings. The van der Waals surface area contributed by atoms with E-state index in [0.29, 0.717) is 11.1 Å². The smallest absolute Gasteiger partial charge is 0.196 e. The minimum atomic E-state index is -0.126. The van der Waals surface area contributed by atoms with Gasteiger partial charge in [-0.3, -0.25) is 4.79 Å². The average Bonchev–Trinajstić information content (AvgIpc) is 2.48. The van der Waals surface area contributed by atoms with E-state index < -0.39 is 0 Å². The monoisotopic (exact) mass is 267 g/mol. The van der Waals surface area contributed by atoms with E-state index >= 15 is 0 Å². The Morgan fingerprint density at radius 1 is 1.20 bits per heavy atom. The molecule has 1 aliphatic heterocycles. The predicted molar refractivity (Wildman–Crippen MR) is 79.6 cm³/mol. The Balaban J connectivity index is 2.05. The summed E-state index contributed by atoms with van der Waals surface area (Å²) >= 11 is 0. The predicted octanol–water partition coefficient (Wildman–Crippen LogP) is 3.01. The Bertz CT molecular complexity index is 650. The maximum Gasteiger partial charge on any atom is 0.196 e. The number of phenols is 1. The number of phenolic OH excluding ortho intramolecular Hbond substituents is 1. The summed E-state index contributed by atoms with van der Waals surface area (Å²) in [5, 5.41) is 10.2. The fourth-order valence-corrected chi connectivity index (χ4v) is 2.73. The first-order valence-corrected chi connectivity index (χ1v) is 6.83. The molecule has 0 bridgehead atoms. The molecule has 0 saturated heterocycles.